The van der Waals surface area contributed by atoms with Crippen LogP contribution in [0, 0.1) is 0 Å². The molecule has 2 heteroatoms. The lowest BCUT2D eigenvalue weighted by Gasteiger charge is -1.97. The summed E-state index contributed by atoms with van der Waals surface area (Å²) < 4.78 is 0. The maximum atomic E-state index is 5.21. The fourth-order valence-electron chi connectivity index (χ4n) is 0.600. The van der Waals surface area contributed by atoms with Gasteiger partial charge in [-0.1, -0.05) is 12.2 Å². The molecule has 0 rings (SSSR count). The fraction of sp³-hybridized carbons (Fsp3) is 0.250. The van der Waals surface area contributed by atoms with Crippen LogP contribution in [-0.4, -0.2) is 0 Å². The van der Waals surface area contributed by atoms with Crippen molar-refractivity contribution in [2.75, 3.05) is 0 Å². The van der Waals surface area contributed by atoms with E-state index in [2.05, 4.69) is 12.6 Å². The molecule has 0 aromatic heterocycles. The fourth-order valence-corrected chi connectivity index (χ4v) is 0.803. The first kappa shape index (κ1) is 9.37. The summed E-state index contributed by atoms with van der Waals surface area (Å²) >= 11 is 4.23. The number of nitrogens with two attached hydrogens (primary N) is 1. The summed E-state index contributed by atoms with van der Waals surface area (Å²) in [5, 5.41) is 0. The number of thiol groups is 1. The zero-order valence-electron chi connectivity index (χ0n) is 6.33. The van der Waals surface area contributed by atoms with E-state index in [0.717, 1.165) is 10.5 Å². The monoisotopic (exact) mass is 155 g/mol. The molecule has 0 unspecified atom stereocenters. The van der Waals surface area contributed by atoms with Gasteiger partial charge in [0.1, 0.15) is 0 Å². The molecule has 0 aliphatic heterocycles. The Labute approximate surface area is 67.7 Å². The Hall–Kier alpha value is -0.630. The first-order valence-electron chi connectivity index (χ1n) is 3.16. The van der Waals surface area contributed by atoms with Crippen molar-refractivity contribution in [1.82, 2.24) is 0 Å². The minimum absolute atomic E-state index is 0.948. The van der Waals surface area contributed by atoms with Gasteiger partial charge in [-0.25, -0.2) is 0 Å². The van der Waals surface area contributed by atoms with E-state index >= 15 is 0 Å². The van der Waals surface area contributed by atoms with Crippen molar-refractivity contribution in [3.63, 3.8) is 0 Å². The summed E-state index contributed by atoms with van der Waals surface area (Å²) in [6.45, 7) is 3.89. The van der Waals surface area contributed by atoms with E-state index in [1.807, 2.05) is 32.1 Å². The summed E-state index contributed by atoms with van der Waals surface area (Å²) in [6, 6.07) is 0. The molecule has 0 heterocycles. The van der Waals surface area contributed by atoms with Gasteiger partial charge in [0.05, 0.1) is 0 Å². The van der Waals surface area contributed by atoms with Crippen LogP contribution in [0.25, 0.3) is 0 Å². The number of hydrogen-bond acceptors (Lipinski definition) is 2. The average Bonchev–Trinajstić information content (AvgIpc) is 1.99. The highest BCUT2D eigenvalue weighted by atomic mass is 32.1. The minimum Gasteiger partial charge on any atom is -0.405 e. The van der Waals surface area contributed by atoms with Gasteiger partial charge >= 0.3 is 0 Å². The van der Waals surface area contributed by atoms with Crippen LogP contribution in [-0.2, 0) is 0 Å². The summed E-state index contributed by atoms with van der Waals surface area (Å²) in [4.78, 5) is 0.948. The Morgan fingerprint density at radius 3 is 2.20 bits per heavy atom. The zero-order valence-corrected chi connectivity index (χ0v) is 7.23. The highest BCUT2D eigenvalue weighted by Crippen LogP contribution is 2.14. The number of allylic oxidation sites excluding steroid dienone is 4. The molecule has 0 aromatic rings. The molecule has 0 atom stereocenters. The van der Waals surface area contributed by atoms with Crippen molar-refractivity contribution in [1.29, 1.82) is 0 Å². The van der Waals surface area contributed by atoms with E-state index in [-0.39, 0.29) is 0 Å². The average molecular weight is 155 g/mol. The molecule has 0 bridgehead atoms. The summed E-state index contributed by atoms with van der Waals surface area (Å²) in [5.74, 6) is 0. The number of rotatable bonds is 2. The second kappa shape index (κ2) is 5.18. The molecule has 0 saturated carbocycles. The highest BCUT2D eigenvalue weighted by Gasteiger charge is 1.90. The lowest BCUT2D eigenvalue weighted by atomic mass is 10.2. The van der Waals surface area contributed by atoms with Gasteiger partial charge in [-0.05, 0) is 31.7 Å². The van der Waals surface area contributed by atoms with Crippen LogP contribution in [0.1, 0.15) is 13.8 Å². The van der Waals surface area contributed by atoms with E-state index in [1.165, 1.54) is 6.20 Å². The standard InChI is InChI=1S/C8H13NS/c1-3-7(5-6-9)8(10)4-2/h3-6,10H,9H2,1-2H3/b6-5-,7-3+,8-4-. The molecular weight excluding hydrogens is 142 g/mol. The van der Waals surface area contributed by atoms with Crippen LogP contribution in [0.4, 0.5) is 0 Å². The first-order valence-corrected chi connectivity index (χ1v) is 3.61. The van der Waals surface area contributed by atoms with Crippen molar-refractivity contribution < 1.29 is 0 Å². The molecule has 10 heavy (non-hydrogen) atoms. The molecule has 0 aliphatic rings. The molecule has 0 spiro atoms. The molecule has 0 amide bonds. The van der Waals surface area contributed by atoms with E-state index in [4.69, 9.17) is 5.73 Å². The van der Waals surface area contributed by atoms with Gasteiger partial charge in [-0.15, -0.1) is 12.6 Å². The van der Waals surface area contributed by atoms with Gasteiger partial charge in [-0.3, -0.25) is 0 Å². The van der Waals surface area contributed by atoms with E-state index in [1.54, 1.807) is 0 Å². The van der Waals surface area contributed by atoms with Gasteiger partial charge in [0.25, 0.3) is 0 Å². The SMILES string of the molecule is C/C=C(S)/C(/C=C\N)=C/C. The van der Waals surface area contributed by atoms with E-state index < -0.39 is 0 Å². The second-order valence-electron chi connectivity index (χ2n) is 1.78. The van der Waals surface area contributed by atoms with E-state index in [9.17, 15) is 0 Å². The molecule has 0 radical (unpaired) electrons. The molecule has 0 aromatic carbocycles. The van der Waals surface area contributed by atoms with Crippen molar-refractivity contribution >= 4 is 12.6 Å². The largest absolute Gasteiger partial charge is 0.405 e. The van der Waals surface area contributed by atoms with Crippen molar-refractivity contribution in [3.05, 3.63) is 34.9 Å². The third-order valence-corrected chi connectivity index (χ3v) is 1.67. The topological polar surface area (TPSA) is 26.0 Å². The lowest BCUT2D eigenvalue weighted by molar-refractivity contribution is 1.50. The molecule has 2 N–H and O–H groups in total. The van der Waals surface area contributed by atoms with Crippen LogP contribution < -0.4 is 5.73 Å². The maximum absolute atomic E-state index is 5.21. The van der Waals surface area contributed by atoms with Gasteiger partial charge in [0.2, 0.25) is 0 Å². The lowest BCUT2D eigenvalue weighted by Crippen LogP contribution is -1.81. The molecule has 0 saturated heterocycles. The van der Waals surface area contributed by atoms with Crippen LogP contribution in [0.5, 0.6) is 0 Å². The van der Waals surface area contributed by atoms with Crippen LogP contribution in [0.2, 0.25) is 0 Å². The Kier molecular flexibility index (Phi) is 4.85. The predicted octanol–water partition coefficient (Wildman–Crippen LogP) is 2.24. The molecule has 1 nitrogen and oxygen atoms in total. The van der Waals surface area contributed by atoms with Gasteiger partial charge in [0.15, 0.2) is 0 Å². The zero-order chi connectivity index (χ0) is 7.98. The smallest absolute Gasteiger partial charge is 0.00670 e. The summed E-state index contributed by atoms with van der Waals surface area (Å²) in [5.41, 5.74) is 6.26. The molecule has 56 valence electrons. The predicted molar refractivity (Wildman–Crippen MR) is 49.8 cm³/mol. The quantitative estimate of drug-likeness (QED) is 0.464. The first-order chi connectivity index (χ1) is 4.76. The normalized spacial score (nSPS) is 14.7. The van der Waals surface area contributed by atoms with Crippen LogP contribution in [0.3, 0.4) is 0 Å². The Morgan fingerprint density at radius 2 is 1.90 bits per heavy atom. The van der Waals surface area contributed by atoms with Crippen molar-refractivity contribution in [2.45, 2.75) is 13.8 Å². The third-order valence-electron chi connectivity index (χ3n) is 1.16. The van der Waals surface area contributed by atoms with E-state index in [0.29, 0.717) is 0 Å². The van der Waals surface area contributed by atoms with Gasteiger partial charge in [0, 0.05) is 4.91 Å². The van der Waals surface area contributed by atoms with Crippen molar-refractivity contribution in [3.8, 4) is 0 Å². The number of hydrogen-bond donors (Lipinski definition) is 2. The Balaban J connectivity index is 4.39. The Morgan fingerprint density at radius 1 is 1.30 bits per heavy atom. The van der Waals surface area contributed by atoms with Crippen molar-refractivity contribution in [2.24, 2.45) is 5.73 Å². The molecule has 0 fully saturated rings. The third kappa shape index (κ3) is 2.78. The maximum Gasteiger partial charge on any atom is 0.00670 e. The molecule has 0 aliphatic carbocycles. The van der Waals surface area contributed by atoms with Crippen LogP contribution in [0.15, 0.2) is 34.9 Å². The van der Waals surface area contributed by atoms with Gasteiger partial charge in [-0.2, -0.15) is 0 Å². The second-order valence-corrected chi connectivity index (χ2v) is 2.26. The van der Waals surface area contributed by atoms with Crippen LogP contribution >= 0.6 is 12.6 Å². The molecular formula is C8H13NS. The Bertz CT molecular complexity index is 178. The van der Waals surface area contributed by atoms with Gasteiger partial charge < -0.3 is 5.73 Å². The highest BCUT2D eigenvalue weighted by molar-refractivity contribution is 7.84. The summed E-state index contributed by atoms with van der Waals surface area (Å²) in [7, 11) is 0. The minimum atomic E-state index is 0.948. The summed E-state index contributed by atoms with van der Waals surface area (Å²) in [6.07, 6.45) is 7.22.